The Balaban J connectivity index is 1.63. The number of anilines is 2. The molecule has 0 fully saturated rings. The molecule has 0 spiro atoms. The van der Waals surface area contributed by atoms with Gasteiger partial charge in [-0.25, -0.2) is 9.59 Å². The van der Waals surface area contributed by atoms with Gasteiger partial charge in [-0.1, -0.05) is 12.1 Å². The number of benzene rings is 2. The Hall–Kier alpha value is -4.34. The molecule has 0 saturated heterocycles. The number of ether oxygens (including phenoxy) is 2. The van der Waals surface area contributed by atoms with Crippen LogP contribution in [0.1, 0.15) is 33.6 Å². The lowest BCUT2D eigenvalue weighted by molar-refractivity contribution is 0.0992. The highest BCUT2D eigenvalue weighted by atomic mass is 16.5. The van der Waals surface area contributed by atoms with Crippen molar-refractivity contribution in [2.75, 3.05) is 17.2 Å². The first-order valence-corrected chi connectivity index (χ1v) is 9.21. The van der Waals surface area contributed by atoms with E-state index < -0.39 is 24.0 Å². The van der Waals surface area contributed by atoms with Crippen molar-refractivity contribution in [3.8, 4) is 0 Å². The van der Waals surface area contributed by atoms with E-state index in [1.54, 1.807) is 30.3 Å². The first kappa shape index (κ1) is 22.9. The van der Waals surface area contributed by atoms with E-state index in [-0.39, 0.29) is 17.7 Å². The predicted molar refractivity (Wildman–Crippen MR) is 113 cm³/mol. The maximum absolute atomic E-state index is 11.7. The van der Waals surface area contributed by atoms with Gasteiger partial charge in [0.1, 0.15) is 0 Å². The zero-order valence-electron chi connectivity index (χ0n) is 16.5. The minimum Gasteiger partial charge on any atom is -0.449 e. The molecule has 0 aliphatic rings. The number of nitrogens with one attached hydrogen (secondary N) is 2. The fraction of sp³-hybridized carbons (Fsp3) is 0.143. The standard InChI is InChI=1S/C21H22N4O6/c22-18(26)14-6-4-8-16(12-14)24-20(28)30-10-2-1-3-11-31-21(29)25-17-9-5-7-15(13-17)19(23)27/h2,4-10,12-13H,1,3,11H2,(H2,22,26)(H2,23,27)(H,24,28)(H,25,29)/b10-2+. The van der Waals surface area contributed by atoms with Crippen molar-refractivity contribution < 1.29 is 28.7 Å². The number of nitrogens with two attached hydrogens (primary N) is 2. The van der Waals surface area contributed by atoms with Crippen LogP contribution in [0.5, 0.6) is 0 Å². The summed E-state index contributed by atoms with van der Waals surface area (Å²) in [6.07, 6.45) is 2.40. The molecule has 0 radical (unpaired) electrons. The minimum absolute atomic E-state index is 0.137. The van der Waals surface area contributed by atoms with Crippen molar-refractivity contribution in [1.29, 1.82) is 0 Å². The van der Waals surface area contributed by atoms with E-state index in [0.29, 0.717) is 24.2 Å². The van der Waals surface area contributed by atoms with Crippen LogP contribution in [-0.4, -0.2) is 30.6 Å². The zero-order valence-corrected chi connectivity index (χ0v) is 16.5. The second-order valence-corrected chi connectivity index (χ2v) is 6.20. The molecule has 0 aliphatic carbocycles. The number of rotatable bonds is 9. The maximum atomic E-state index is 11.7. The highest BCUT2D eigenvalue weighted by Gasteiger charge is 2.06. The van der Waals surface area contributed by atoms with Gasteiger partial charge in [-0.3, -0.25) is 20.2 Å². The van der Waals surface area contributed by atoms with Crippen molar-refractivity contribution in [2.24, 2.45) is 11.5 Å². The predicted octanol–water partition coefficient (Wildman–Crippen LogP) is 2.98. The summed E-state index contributed by atoms with van der Waals surface area (Å²) in [5.74, 6) is -1.20. The summed E-state index contributed by atoms with van der Waals surface area (Å²) in [5.41, 5.74) is 11.7. The van der Waals surface area contributed by atoms with E-state index in [4.69, 9.17) is 20.9 Å². The molecular formula is C21H22N4O6. The van der Waals surface area contributed by atoms with E-state index in [2.05, 4.69) is 10.6 Å². The van der Waals surface area contributed by atoms with Crippen molar-refractivity contribution in [3.05, 3.63) is 72.0 Å². The molecule has 2 aromatic rings. The first-order chi connectivity index (χ1) is 14.8. The van der Waals surface area contributed by atoms with Crippen LogP contribution in [0.4, 0.5) is 21.0 Å². The Morgan fingerprint density at radius 1 is 0.839 bits per heavy atom. The number of allylic oxidation sites excluding steroid dienone is 1. The van der Waals surface area contributed by atoms with Crippen LogP contribution in [0, 0.1) is 0 Å². The number of carbonyl (C=O) groups excluding carboxylic acids is 4. The third-order valence-electron chi connectivity index (χ3n) is 3.81. The minimum atomic E-state index is -0.730. The molecule has 0 aliphatic heterocycles. The van der Waals surface area contributed by atoms with Crippen molar-refractivity contribution in [2.45, 2.75) is 12.8 Å². The summed E-state index contributed by atoms with van der Waals surface area (Å²) < 4.78 is 9.90. The Labute approximate surface area is 178 Å². The third-order valence-corrected chi connectivity index (χ3v) is 3.81. The Morgan fingerprint density at radius 3 is 1.94 bits per heavy atom. The smallest absolute Gasteiger partial charge is 0.416 e. The highest BCUT2D eigenvalue weighted by molar-refractivity contribution is 5.95. The van der Waals surface area contributed by atoms with Crippen LogP contribution < -0.4 is 22.1 Å². The molecule has 0 aromatic heterocycles. The van der Waals surface area contributed by atoms with Crippen LogP contribution >= 0.6 is 0 Å². The van der Waals surface area contributed by atoms with Gasteiger partial charge < -0.3 is 20.9 Å². The second kappa shape index (κ2) is 11.6. The van der Waals surface area contributed by atoms with Gasteiger partial charge in [-0.15, -0.1) is 0 Å². The summed E-state index contributed by atoms with van der Waals surface area (Å²) in [7, 11) is 0. The Morgan fingerprint density at radius 2 is 1.39 bits per heavy atom. The molecule has 0 bridgehead atoms. The largest absolute Gasteiger partial charge is 0.449 e. The Kier molecular flexibility index (Phi) is 8.59. The molecule has 2 rings (SSSR count). The number of primary amides is 2. The molecule has 0 unspecified atom stereocenters. The molecule has 162 valence electrons. The molecule has 6 N–H and O–H groups in total. The summed E-state index contributed by atoms with van der Waals surface area (Å²) in [6, 6.07) is 12.3. The average Bonchev–Trinajstić information content (AvgIpc) is 2.73. The summed E-state index contributed by atoms with van der Waals surface area (Å²) >= 11 is 0. The second-order valence-electron chi connectivity index (χ2n) is 6.20. The number of hydrogen-bond donors (Lipinski definition) is 4. The fourth-order valence-corrected chi connectivity index (χ4v) is 2.35. The number of amides is 4. The van der Waals surface area contributed by atoms with Crippen LogP contribution in [-0.2, 0) is 9.47 Å². The Bertz CT molecular complexity index is 989. The van der Waals surface area contributed by atoms with Crippen LogP contribution in [0.3, 0.4) is 0 Å². The van der Waals surface area contributed by atoms with Crippen LogP contribution in [0.15, 0.2) is 60.9 Å². The van der Waals surface area contributed by atoms with Crippen molar-refractivity contribution in [3.63, 3.8) is 0 Å². The molecule has 10 nitrogen and oxygen atoms in total. The van der Waals surface area contributed by atoms with Crippen LogP contribution in [0.2, 0.25) is 0 Å². The molecular weight excluding hydrogens is 404 g/mol. The third kappa shape index (κ3) is 8.28. The van der Waals surface area contributed by atoms with Gasteiger partial charge in [0.15, 0.2) is 0 Å². The van der Waals surface area contributed by atoms with Crippen molar-refractivity contribution >= 4 is 35.4 Å². The van der Waals surface area contributed by atoms with Gasteiger partial charge >= 0.3 is 12.2 Å². The van der Waals surface area contributed by atoms with Gasteiger partial charge in [-0.2, -0.15) is 0 Å². The lowest BCUT2D eigenvalue weighted by Gasteiger charge is -2.07. The first-order valence-electron chi connectivity index (χ1n) is 9.21. The van der Waals surface area contributed by atoms with Gasteiger partial charge in [-0.05, 0) is 55.3 Å². The SMILES string of the molecule is NC(=O)c1cccc(NC(=O)O/C=C/CCCOC(=O)Nc2cccc(C(N)=O)c2)c1. The van der Waals surface area contributed by atoms with E-state index >= 15 is 0 Å². The molecule has 2 aromatic carbocycles. The van der Waals surface area contributed by atoms with E-state index in [1.807, 2.05) is 0 Å². The van der Waals surface area contributed by atoms with E-state index in [0.717, 1.165) is 0 Å². The zero-order chi connectivity index (χ0) is 22.6. The van der Waals surface area contributed by atoms with Crippen molar-refractivity contribution in [1.82, 2.24) is 0 Å². The number of unbranched alkanes of at least 4 members (excludes halogenated alkanes) is 1. The average molecular weight is 426 g/mol. The van der Waals surface area contributed by atoms with Gasteiger partial charge in [0, 0.05) is 22.5 Å². The lowest BCUT2D eigenvalue weighted by atomic mass is 10.2. The molecule has 31 heavy (non-hydrogen) atoms. The summed E-state index contributed by atoms with van der Waals surface area (Å²) in [4.78, 5) is 45.7. The monoisotopic (exact) mass is 426 g/mol. The summed E-state index contributed by atoms with van der Waals surface area (Å²) in [5, 5.41) is 4.96. The highest BCUT2D eigenvalue weighted by Crippen LogP contribution is 2.11. The molecule has 4 amide bonds. The topological polar surface area (TPSA) is 163 Å². The fourth-order valence-electron chi connectivity index (χ4n) is 2.35. The number of hydrogen-bond acceptors (Lipinski definition) is 6. The van der Waals surface area contributed by atoms with Gasteiger partial charge in [0.05, 0.1) is 12.9 Å². The summed E-state index contributed by atoms with van der Waals surface area (Å²) in [6.45, 7) is 0.137. The quantitative estimate of drug-likeness (QED) is 0.356. The van der Waals surface area contributed by atoms with E-state index in [1.165, 1.54) is 30.5 Å². The molecule has 0 saturated carbocycles. The maximum Gasteiger partial charge on any atom is 0.416 e. The van der Waals surface area contributed by atoms with Gasteiger partial charge in [0.25, 0.3) is 0 Å². The van der Waals surface area contributed by atoms with Gasteiger partial charge in [0.2, 0.25) is 11.8 Å². The number of carbonyl (C=O) groups is 4. The normalized spacial score (nSPS) is 10.3. The molecule has 0 heterocycles. The molecule has 10 heteroatoms. The van der Waals surface area contributed by atoms with Crippen LogP contribution in [0.25, 0.3) is 0 Å². The lowest BCUT2D eigenvalue weighted by Crippen LogP contribution is -2.16. The van der Waals surface area contributed by atoms with E-state index in [9.17, 15) is 19.2 Å². The molecule has 0 atom stereocenters.